The Morgan fingerprint density at radius 3 is 3.00 bits per heavy atom. The molecule has 1 aliphatic rings. The van der Waals surface area contributed by atoms with Gasteiger partial charge in [-0.25, -0.2) is 4.99 Å². The summed E-state index contributed by atoms with van der Waals surface area (Å²) in [5.41, 5.74) is 0.444. The molecule has 0 radical (unpaired) electrons. The third-order valence-electron chi connectivity index (χ3n) is 0.710. The van der Waals surface area contributed by atoms with Crippen molar-refractivity contribution in [1.82, 2.24) is 0 Å². The first-order valence-corrected chi connectivity index (χ1v) is 3.11. The van der Waals surface area contributed by atoms with E-state index in [-0.39, 0.29) is 0 Å². The van der Waals surface area contributed by atoms with Gasteiger partial charge in [0.05, 0.1) is 6.54 Å². The molecule has 1 rings (SSSR count). The normalized spacial score (nSPS) is 20.3. The zero-order valence-electron chi connectivity index (χ0n) is 3.76. The van der Waals surface area contributed by atoms with Crippen LogP contribution in [0.5, 0.6) is 0 Å². The molecule has 0 amide bonds. The van der Waals surface area contributed by atoms with E-state index in [9.17, 15) is 4.57 Å². The van der Waals surface area contributed by atoms with Crippen LogP contribution in [0.15, 0.2) is 4.99 Å². The van der Waals surface area contributed by atoms with E-state index in [0.29, 0.717) is 18.8 Å². The van der Waals surface area contributed by atoms with Crippen molar-refractivity contribution in [2.24, 2.45) is 4.99 Å². The minimum Gasteiger partial charge on any atom is -0.474 e. The van der Waals surface area contributed by atoms with Gasteiger partial charge in [0.25, 0.3) is 0 Å². The Balaban J connectivity index is 2.51. The van der Waals surface area contributed by atoms with Crippen LogP contribution in [-0.2, 0) is 9.30 Å². The molecule has 0 N–H and O–H groups in total. The summed E-state index contributed by atoms with van der Waals surface area (Å²) in [6.45, 7) is 1.30. The zero-order chi connectivity index (χ0) is 5.11. The quantitative estimate of drug-likeness (QED) is 0.460. The van der Waals surface area contributed by atoms with Gasteiger partial charge in [0.15, 0.2) is 0 Å². The number of aliphatic imine (C=N–C) groups is 1. The topological polar surface area (TPSA) is 38.7 Å². The highest BCUT2D eigenvalue weighted by atomic mass is 31.1. The fraction of sp³-hybridized carbons (Fsp3) is 0.667. The van der Waals surface area contributed by atoms with Gasteiger partial charge in [0, 0.05) is 0 Å². The second kappa shape index (κ2) is 2.12. The fourth-order valence-electron chi connectivity index (χ4n) is 0.423. The van der Waals surface area contributed by atoms with E-state index in [2.05, 4.69) is 4.99 Å². The van der Waals surface area contributed by atoms with Crippen molar-refractivity contribution in [3.63, 3.8) is 0 Å². The number of hydrogen-bond acceptors (Lipinski definition) is 3. The Morgan fingerprint density at radius 1 is 1.86 bits per heavy atom. The lowest BCUT2D eigenvalue weighted by atomic mass is 10.8. The number of nitrogens with zero attached hydrogens (tertiary/aromatic N) is 1. The van der Waals surface area contributed by atoms with Gasteiger partial charge in [-0.3, -0.25) is 0 Å². The van der Waals surface area contributed by atoms with Crippen molar-refractivity contribution in [3.8, 4) is 0 Å². The summed E-state index contributed by atoms with van der Waals surface area (Å²) in [7, 11) is -0.921. The van der Waals surface area contributed by atoms with E-state index in [1.807, 2.05) is 0 Å². The Bertz CT molecular complexity index is 112. The number of rotatable bonds is 1. The summed E-state index contributed by atoms with van der Waals surface area (Å²) < 4.78 is 14.7. The largest absolute Gasteiger partial charge is 0.474 e. The Kier molecular flexibility index (Phi) is 1.47. The third-order valence-corrected chi connectivity index (χ3v) is 1.26. The highest BCUT2D eigenvalue weighted by Crippen LogP contribution is 2.04. The van der Waals surface area contributed by atoms with Crippen LogP contribution in [0, 0.1) is 0 Å². The smallest absolute Gasteiger partial charge is 0.238 e. The lowest BCUT2D eigenvalue weighted by Crippen LogP contribution is -1.86. The molecule has 0 bridgehead atoms. The molecule has 0 aliphatic carbocycles. The summed E-state index contributed by atoms with van der Waals surface area (Å²) in [5, 5.41) is 0. The average molecular weight is 119 g/mol. The molecule has 0 aromatic heterocycles. The standard InChI is InChI=1S/C3H6NO2P/c5-7-3-4-1-2-6-3/h1-2,7H2. The van der Waals surface area contributed by atoms with Gasteiger partial charge < -0.3 is 9.30 Å². The van der Waals surface area contributed by atoms with E-state index >= 15 is 0 Å². The molecule has 0 saturated heterocycles. The molecule has 1 heterocycles. The zero-order valence-corrected chi connectivity index (χ0v) is 4.91. The maximum absolute atomic E-state index is 9.96. The average Bonchev–Trinajstić information content (AvgIpc) is 2.14. The predicted octanol–water partition coefficient (Wildman–Crippen LogP) is 0.129. The lowest BCUT2D eigenvalue weighted by Gasteiger charge is -1.85. The SMILES string of the molecule is O=[PH2]C1=NCCO1. The molecule has 1 atom stereocenters. The fourth-order valence-corrected chi connectivity index (χ4v) is 0.813. The maximum atomic E-state index is 9.96. The van der Waals surface area contributed by atoms with Gasteiger partial charge in [-0.05, 0) is 0 Å². The van der Waals surface area contributed by atoms with Gasteiger partial charge in [-0.2, -0.15) is 0 Å². The van der Waals surface area contributed by atoms with Gasteiger partial charge in [0.2, 0.25) is 5.64 Å². The maximum Gasteiger partial charge on any atom is 0.238 e. The van der Waals surface area contributed by atoms with Crippen LogP contribution >= 0.6 is 8.46 Å². The summed E-state index contributed by atoms with van der Waals surface area (Å²) >= 11 is 0. The number of hydrogen-bond donors (Lipinski definition) is 0. The second-order valence-corrected chi connectivity index (χ2v) is 1.92. The molecular formula is C3H6NO2P. The molecule has 4 heteroatoms. The van der Waals surface area contributed by atoms with Gasteiger partial charge in [-0.1, -0.05) is 0 Å². The molecule has 0 fully saturated rings. The van der Waals surface area contributed by atoms with Crippen molar-refractivity contribution in [3.05, 3.63) is 0 Å². The van der Waals surface area contributed by atoms with Crippen LogP contribution in [0.1, 0.15) is 0 Å². The number of ether oxygens (including phenoxy) is 1. The van der Waals surface area contributed by atoms with E-state index in [0.717, 1.165) is 0 Å². The van der Waals surface area contributed by atoms with Gasteiger partial charge >= 0.3 is 0 Å². The van der Waals surface area contributed by atoms with Crippen LogP contribution in [0.3, 0.4) is 0 Å². The van der Waals surface area contributed by atoms with Crippen LogP contribution in [0.25, 0.3) is 0 Å². The summed E-state index contributed by atoms with van der Waals surface area (Å²) in [6.07, 6.45) is 0. The molecule has 1 aliphatic heterocycles. The van der Waals surface area contributed by atoms with E-state index in [1.54, 1.807) is 0 Å². The predicted molar refractivity (Wildman–Crippen MR) is 28.7 cm³/mol. The molecule has 40 valence electrons. The lowest BCUT2D eigenvalue weighted by molar-refractivity contribution is 0.355. The molecule has 0 aromatic rings. The van der Waals surface area contributed by atoms with Crippen molar-refractivity contribution in [2.75, 3.05) is 13.2 Å². The minimum absolute atomic E-state index is 0.444. The molecular weight excluding hydrogens is 113 g/mol. The first-order chi connectivity index (χ1) is 3.43. The van der Waals surface area contributed by atoms with Crippen molar-refractivity contribution in [2.45, 2.75) is 0 Å². The van der Waals surface area contributed by atoms with Gasteiger partial charge in [0.1, 0.15) is 15.1 Å². The summed E-state index contributed by atoms with van der Waals surface area (Å²) in [4.78, 5) is 3.77. The first-order valence-electron chi connectivity index (χ1n) is 2.06. The monoisotopic (exact) mass is 119 g/mol. The highest BCUT2D eigenvalue weighted by molar-refractivity contribution is 7.45. The minimum atomic E-state index is -0.921. The summed E-state index contributed by atoms with van der Waals surface area (Å²) in [5.74, 6) is 0. The molecule has 7 heavy (non-hydrogen) atoms. The van der Waals surface area contributed by atoms with E-state index in [4.69, 9.17) is 4.74 Å². The Morgan fingerprint density at radius 2 is 2.71 bits per heavy atom. The second-order valence-electron chi connectivity index (χ2n) is 1.19. The highest BCUT2D eigenvalue weighted by Gasteiger charge is 2.01. The molecule has 0 saturated carbocycles. The van der Waals surface area contributed by atoms with E-state index in [1.165, 1.54) is 0 Å². The van der Waals surface area contributed by atoms with Crippen molar-refractivity contribution in [1.29, 1.82) is 0 Å². The third kappa shape index (κ3) is 1.03. The van der Waals surface area contributed by atoms with Crippen molar-refractivity contribution >= 4 is 14.1 Å². The van der Waals surface area contributed by atoms with Crippen LogP contribution in [-0.4, -0.2) is 18.8 Å². The molecule has 3 nitrogen and oxygen atoms in total. The van der Waals surface area contributed by atoms with Gasteiger partial charge in [-0.15, -0.1) is 0 Å². The Labute approximate surface area is 42.6 Å². The van der Waals surface area contributed by atoms with Crippen LogP contribution < -0.4 is 0 Å². The Hall–Kier alpha value is -0.300. The molecule has 0 aromatic carbocycles. The molecule has 0 spiro atoms. The van der Waals surface area contributed by atoms with Crippen LogP contribution in [0.2, 0.25) is 0 Å². The first kappa shape index (κ1) is 4.85. The molecule has 1 unspecified atom stereocenters. The van der Waals surface area contributed by atoms with Crippen LogP contribution in [0.4, 0.5) is 0 Å². The van der Waals surface area contributed by atoms with Crippen molar-refractivity contribution < 1.29 is 9.30 Å². The van der Waals surface area contributed by atoms with E-state index < -0.39 is 8.46 Å². The summed E-state index contributed by atoms with van der Waals surface area (Å²) in [6, 6.07) is 0.